The number of urea groups is 1. The molecule has 0 bridgehead atoms. The number of rotatable bonds is 3. The normalized spacial score (nSPS) is 20.6. The van der Waals surface area contributed by atoms with E-state index in [0.29, 0.717) is 11.4 Å². The van der Waals surface area contributed by atoms with Crippen molar-refractivity contribution in [2.45, 2.75) is 32.7 Å². The first-order valence-electron chi connectivity index (χ1n) is 7.09. The average Bonchev–Trinajstić information content (AvgIpc) is 2.39. The zero-order valence-electron chi connectivity index (χ0n) is 12.4. The number of hydrogen-bond donors (Lipinski definition) is 4. The SMILES string of the molecule is CC1(C)CCCNC1C(=O)Nc1ccc(NC(N)=O)cc1. The van der Waals surface area contributed by atoms with Crippen molar-refractivity contribution < 1.29 is 9.59 Å². The molecule has 114 valence electrons. The summed E-state index contributed by atoms with van der Waals surface area (Å²) in [6, 6.07) is 6.05. The number of primary amides is 1. The van der Waals surface area contributed by atoms with E-state index in [-0.39, 0.29) is 17.4 Å². The second-order valence-electron chi connectivity index (χ2n) is 6.04. The summed E-state index contributed by atoms with van der Waals surface area (Å²) < 4.78 is 0. The van der Waals surface area contributed by atoms with Crippen LogP contribution in [0.2, 0.25) is 0 Å². The minimum absolute atomic E-state index is 0.0321. The molecule has 1 aliphatic heterocycles. The van der Waals surface area contributed by atoms with E-state index in [9.17, 15) is 9.59 Å². The van der Waals surface area contributed by atoms with Crippen LogP contribution in [0.1, 0.15) is 26.7 Å². The molecule has 0 aromatic heterocycles. The molecule has 2 rings (SSSR count). The van der Waals surface area contributed by atoms with Crippen LogP contribution in [0, 0.1) is 5.41 Å². The van der Waals surface area contributed by atoms with Crippen molar-refractivity contribution in [2.24, 2.45) is 11.1 Å². The summed E-state index contributed by atoms with van der Waals surface area (Å²) in [7, 11) is 0. The first-order valence-corrected chi connectivity index (χ1v) is 7.09. The zero-order chi connectivity index (χ0) is 15.5. The van der Waals surface area contributed by atoms with Gasteiger partial charge in [0.1, 0.15) is 0 Å². The van der Waals surface area contributed by atoms with E-state index in [1.54, 1.807) is 24.3 Å². The van der Waals surface area contributed by atoms with Gasteiger partial charge in [-0.1, -0.05) is 13.8 Å². The molecule has 1 aliphatic rings. The van der Waals surface area contributed by atoms with Crippen LogP contribution in [0.4, 0.5) is 16.2 Å². The van der Waals surface area contributed by atoms with Crippen molar-refractivity contribution in [1.29, 1.82) is 0 Å². The smallest absolute Gasteiger partial charge is 0.316 e. The lowest BCUT2D eigenvalue weighted by molar-refractivity contribution is -0.121. The molecule has 0 radical (unpaired) electrons. The van der Waals surface area contributed by atoms with Crippen LogP contribution in [-0.2, 0) is 4.79 Å². The molecule has 1 unspecified atom stereocenters. The third kappa shape index (κ3) is 3.95. The Morgan fingerprint density at radius 3 is 2.29 bits per heavy atom. The number of nitrogens with two attached hydrogens (primary N) is 1. The van der Waals surface area contributed by atoms with Crippen molar-refractivity contribution in [3.05, 3.63) is 24.3 Å². The molecule has 1 aromatic carbocycles. The maximum Gasteiger partial charge on any atom is 0.316 e. The zero-order valence-corrected chi connectivity index (χ0v) is 12.4. The van der Waals surface area contributed by atoms with Crippen LogP contribution in [0.15, 0.2) is 24.3 Å². The molecule has 1 fully saturated rings. The lowest BCUT2D eigenvalue weighted by atomic mass is 9.77. The van der Waals surface area contributed by atoms with Gasteiger partial charge in [-0.3, -0.25) is 4.79 Å². The Morgan fingerprint density at radius 1 is 1.19 bits per heavy atom. The Hall–Kier alpha value is -2.08. The summed E-state index contributed by atoms with van der Waals surface area (Å²) in [5, 5.41) is 8.66. The summed E-state index contributed by atoms with van der Waals surface area (Å²) in [5.41, 5.74) is 6.27. The maximum atomic E-state index is 12.4. The van der Waals surface area contributed by atoms with E-state index in [2.05, 4.69) is 29.8 Å². The topological polar surface area (TPSA) is 96.2 Å². The van der Waals surface area contributed by atoms with Gasteiger partial charge in [-0.25, -0.2) is 4.79 Å². The molecule has 0 saturated carbocycles. The van der Waals surface area contributed by atoms with E-state index in [1.807, 2.05) is 0 Å². The second kappa shape index (κ2) is 6.13. The molecule has 6 heteroatoms. The minimum Gasteiger partial charge on any atom is -0.351 e. The highest BCUT2D eigenvalue weighted by Gasteiger charge is 2.36. The fourth-order valence-electron chi connectivity index (χ4n) is 2.65. The molecule has 1 atom stereocenters. The molecular formula is C15H22N4O2. The Bertz CT molecular complexity index is 525. The van der Waals surface area contributed by atoms with Gasteiger partial charge in [0.05, 0.1) is 6.04 Å². The average molecular weight is 290 g/mol. The number of hydrogen-bond acceptors (Lipinski definition) is 3. The van der Waals surface area contributed by atoms with Crippen LogP contribution >= 0.6 is 0 Å². The molecule has 1 aromatic rings. The Labute approximate surface area is 124 Å². The van der Waals surface area contributed by atoms with Crippen molar-refractivity contribution in [3.63, 3.8) is 0 Å². The highest BCUT2D eigenvalue weighted by atomic mass is 16.2. The first kappa shape index (κ1) is 15.3. The van der Waals surface area contributed by atoms with Crippen LogP contribution in [0.5, 0.6) is 0 Å². The number of carbonyl (C=O) groups excluding carboxylic acids is 2. The lowest BCUT2D eigenvalue weighted by Crippen LogP contribution is -2.53. The van der Waals surface area contributed by atoms with Crippen LogP contribution < -0.4 is 21.7 Å². The highest BCUT2D eigenvalue weighted by Crippen LogP contribution is 2.30. The van der Waals surface area contributed by atoms with Crippen LogP contribution in [-0.4, -0.2) is 24.5 Å². The van der Waals surface area contributed by atoms with E-state index >= 15 is 0 Å². The monoisotopic (exact) mass is 290 g/mol. The fraction of sp³-hybridized carbons (Fsp3) is 0.467. The summed E-state index contributed by atoms with van der Waals surface area (Å²) in [4.78, 5) is 23.1. The predicted octanol–water partition coefficient (Wildman–Crippen LogP) is 1.89. The van der Waals surface area contributed by atoms with Gasteiger partial charge in [0.25, 0.3) is 0 Å². The molecule has 6 nitrogen and oxygen atoms in total. The fourth-order valence-corrected chi connectivity index (χ4v) is 2.65. The van der Waals surface area contributed by atoms with Gasteiger partial charge in [-0.15, -0.1) is 0 Å². The van der Waals surface area contributed by atoms with Gasteiger partial charge in [0, 0.05) is 11.4 Å². The van der Waals surface area contributed by atoms with Crippen molar-refractivity contribution in [1.82, 2.24) is 5.32 Å². The van der Waals surface area contributed by atoms with E-state index in [4.69, 9.17) is 5.73 Å². The summed E-state index contributed by atoms with van der Waals surface area (Å²) in [6.45, 7) is 5.07. The Balaban J connectivity index is 2.00. The number of nitrogens with one attached hydrogen (secondary N) is 3. The maximum absolute atomic E-state index is 12.4. The molecule has 21 heavy (non-hydrogen) atoms. The number of carbonyl (C=O) groups is 2. The predicted molar refractivity (Wildman–Crippen MR) is 83.1 cm³/mol. The standard InChI is InChI=1S/C15H22N4O2/c1-15(2)8-3-9-17-12(15)13(20)18-10-4-6-11(7-5-10)19-14(16)21/h4-7,12,17H,3,8-9H2,1-2H3,(H,18,20)(H3,16,19,21). The third-order valence-corrected chi connectivity index (χ3v) is 3.81. The summed E-state index contributed by atoms with van der Waals surface area (Å²) in [5.74, 6) is -0.0321. The Kier molecular flexibility index (Phi) is 4.47. The van der Waals surface area contributed by atoms with E-state index in [0.717, 1.165) is 19.4 Å². The van der Waals surface area contributed by atoms with Crippen molar-refractivity contribution >= 4 is 23.3 Å². The van der Waals surface area contributed by atoms with Gasteiger partial charge in [0.2, 0.25) is 5.91 Å². The number of amides is 3. The molecule has 0 aliphatic carbocycles. The molecule has 3 amide bonds. The van der Waals surface area contributed by atoms with Gasteiger partial charge in [0.15, 0.2) is 0 Å². The molecule has 0 spiro atoms. The molecular weight excluding hydrogens is 268 g/mol. The van der Waals surface area contributed by atoms with Gasteiger partial charge in [-0.05, 0) is 49.1 Å². The van der Waals surface area contributed by atoms with Crippen molar-refractivity contribution in [2.75, 3.05) is 17.2 Å². The molecule has 1 heterocycles. The number of benzene rings is 1. The van der Waals surface area contributed by atoms with Crippen molar-refractivity contribution in [3.8, 4) is 0 Å². The quantitative estimate of drug-likeness (QED) is 0.684. The summed E-state index contributed by atoms with van der Waals surface area (Å²) >= 11 is 0. The van der Waals surface area contributed by atoms with E-state index in [1.165, 1.54) is 0 Å². The van der Waals surface area contributed by atoms with Gasteiger partial charge in [-0.2, -0.15) is 0 Å². The molecule has 1 saturated heterocycles. The van der Waals surface area contributed by atoms with Crippen LogP contribution in [0.3, 0.4) is 0 Å². The first-order chi connectivity index (χ1) is 9.88. The molecule has 5 N–H and O–H groups in total. The number of anilines is 2. The number of piperidine rings is 1. The highest BCUT2D eigenvalue weighted by molar-refractivity contribution is 5.96. The van der Waals surface area contributed by atoms with E-state index < -0.39 is 6.03 Å². The minimum atomic E-state index is -0.611. The van der Waals surface area contributed by atoms with Crippen LogP contribution in [0.25, 0.3) is 0 Å². The third-order valence-electron chi connectivity index (χ3n) is 3.81. The second-order valence-corrected chi connectivity index (χ2v) is 6.04. The summed E-state index contributed by atoms with van der Waals surface area (Å²) in [6.07, 6.45) is 2.11. The van der Waals surface area contributed by atoms with Gasteiger partial charge >= 0.3 is 6.03 Å². The largest absolute Gasteiger partial charge is 0.351 e. The van der Waals surface area contributed by atoms with Gasteiger partial charge < -0.3 is 21.7 Å². The Morgan fingerprint density at radius 2 is 1.76 bits per heavy atom. The lowest BCUT2D eigenvalue weighted by Gasteiger charge is -2.38.